The van der Waals surface area contributed by atoms with Gasteiger partial charge < -0.3 is 14.8 Å². The second-order valence-corrected chi connectivity index (χ2v) is 5.40. The number of benzene rings is 1. The summed E-state index contributed by atoms with van der Waals surface area (Å²) in [6.07, 6.45) is 0. The molecule has 0 heterocycles. The fourth-order valence-electron chi connectivity index (χ4n) is 1.70. The molecule has 0 aliphatic heterocycles. The van der Waals surface area contributed by atoms with Gasteiger partial charge in [-0.2, -0.15) is 0 Å². The minimum atomic E-state index is -0.162. The topological polar surface area (TPSA) is 47.6 Å². The molecular formula is C14H20INO3. The summed E-state index contributed by atoms with van der Waals surface area (Å²) in [7, 11) is 3.09. The highest BCUT2D eigenvalue weighted by molar-refractivity contribution is 14.1. The van der Waals surface area contributed by atoms with Crippen LogP contribution in [0, 0.1) is 5.92 Å². The van der Waals surface area contributed by atoms with Crippen molar-refractivity contribution in [3.05, 3.63) is 23.8 Å². The standard InChI is InChI=1S/C14H20INO3/c1-9(2)10(8-15)16-14(17)13-11(18-3)6-5-7-12(13)19-4/h5-7,9-10H,8H2,1-4H3,(H,16,17). The van der Waals surface area contributed by atoms with Gasteiger partial charge >= 0.3 is 0 Å². The summed E-state index contributed by atoms with van der Waals surface area (Å²) in [6.45, 7) is 4.17. The maximum Gasteiger partial charge on any atom is 0.259 e. The van der Waals surface area contributed by atoms with Crippen molar-refractivity contribution in [2.75, 3.05) is 18.6 Å². The third-order valence-corrected chi connectivity index (χ3v) is 3.89. The zero-order chi connectivity index (χ0) is 14.4. The number of nitrogens with one attached hydrogen (secondary N) is 1. The highest BCUT2D eigenvalue weighted by Crippen LogP contribution is 2.28. The van der Waals surface area contributed by atoms with Gasteiger partial charge in [-0.05, 0) is 18.1 Å². The molecule has 0 aliphatic carbocycles. The number of carbonyl (C=O) groups excluding carboxylic acids is 1. The highest BCUT2D eigenvalue weighted by Gasteiger charge is 2.22. The van der Waals surface area contributed by atoms with Crippen LogP contribution in [0.5, 0.6) is 11.5 Å². The average Bonchev–Trinajstić information content (AvgIpc) is 2.42. The van der Waals surface area contributed by atoms with Crippen LogP contribution in [-0.2, 0) is 0 Å². The van der Waals surface area contributed by atoms with Crippen LogP contribution in [0.4, 0.5) is 0 Å². The van der Waals surface area contributed by atoms with Crippen molar-refractivity contribution in [1.29, 1.82) is 0 Å². The van der Waals surface area contributed by atoms with Gasteiger partial charge in [0.05, 0.1) is 14.2 Å². The van der Waals surface area contributed by atoms with Crippen molar-refractivity contribution in [3.8, 4) is 11.5 Å². The van der Waals surface area contributed by atoms with E-state index in [1.807, 2.05) is 0 Å². The van der Waals surface area contributed by atoms with Gasteiger partial charge in [0, 0.05) is 10.5 Å². The van der Waals surface area contributed by atoms with E-state index in [4.69, 9.17) is 9.47 Å². The second-order valence-electron chi connectivity index (χ2n) is 4.52. The number of halogens is 1. The third kappa shape index (κ3) is 3.99. The van der Waals surface area contributed by atoms with Gasteiger partial charge in [-0.25, -0.2) is 0 Å². The van der Waals surface area contributed by atoms with E-state index in [0.29, 0.717) is 23.0 Å². The van der Waals surface area contributed by atoms with Crippen LogP contribution in [0.2, 0.25) is 0 Å². The number of alkyl halides is 1. The summed E-state index contributed by atoms with van der Waals surface area (Å²) in [5.74, 6) is 1.26. The Balaban J connectivity index is 3.04. The first-order valence-corrected chi connectivity index (χ1v) is 7.65. The summed E-state index contributed by atoms with van der Waals surface area (Å²) in [5, 5.41) is 3.03. The number of methoxy groups -OCH3 is 2. The van der Waals surface area contributed by atoms with Gasteiger partial charge in [-0.15, -0.1) is 0 Å². The van der Waals surface area contributed by atoms with E-state index in [0.717, 1.165) is 4.43 Å². The predicted molar refractivity (Wildman–Crippen MR) is 84.5 cm³/mol. The molecule has 0 aliphatic rings. The first kappa shape index (κ1) is 16.1. The smallest absolute Gasteiger partial charge is 0.259 e. The molecule has 0 saturated heterocycles. The van der Waals surface area contributed by atoms with Gasteiger partial charge in [-0.3, -0.25) is 4.79 Å². The summed E-state index contributed by atoms with van der Waals surface area (Å²) in [5.41, 5.74) is 0.447. The number of ether oxygens (including phenoxy) is 2. The van der Waals surface area contributed by atoms with Crippen LogP contribution in [0.15, 0.2) is 18.2 Å². The minimum absolute atomic E-state index is 0.128. The fraction of sp³-hybridized carbons (Fsp3) is 0.500. The molecule has 1 aromatic rings. The zero-order valence-electron chi connectivity index (χ0n) is 11.7. The Kier molecular flexibility index (Phi) is 6.41. The van der Waals surface area contributed by atoms with Gasteiger partial charge in [0.15, 0.2) is 0 Å². The van der Waals surface area contributed by atoms with Crippen molar-refractivity contribution in [3.63, 3.8) is 0 Å². The van der Waals surface area contributed by atoms with Gasteiger partial charge in [0.1, 0.15) is 17.1 Å². The highest BCUT2D eigenvalue weighted by atomic mass is 127. The van der Waals surface area contributed by atoms with Crippen LogP contribution in [0.25, 0.3) is 0 Å². The molecule has 1 atom stereocenters. The van der Waals surface area contributed by atoms with Crippen LogP contribution >= 0.6 is 22.6 Å². The summed E-state index contributed by atoms with van der Waals surface area (Å²) >= 11 is 2.28. The normalized spacial score (nSPS) is 12.1. The lowest BCUT2D eigenvalue weighted by molar-refractivity contribution is 0.0926. The summed E-state index contributed by atoms with van der Waals surface area (Å²) in [6, 6.07) is 5.44. The van der Waals surface area contributed by atoms with Gasteiger partial charge in [0.2, 0.25) is 0 Å². The van der Waals surface area contributed by atoms with E-state index in [1.165, 1.54) is 0 Å². The average molecular weight is 377 g/mol. The SMILES string of the molecule is COc1cccc(OC)c1C(=O)NC(CI)C(C)C. The molecule has 1 unspecified atom stereocenters. The molecule has 0 radical (unpaired) electrons. The van der Waals surface area contributed by atoms with Crippen molar-refractivity contribution in [2.45, 2.75) is 19.9 Å². The van der Waals surface area contributed by atoms with Gasteiger partial charge in [-0.1, -0.05) is 42.5 Å². The Hall–Kier alpha value is -0.980. The molecule has 1 N–H and O–H groups in total. The number of hydrogen-bond acceptors (Lipinski definition) is 3. The fourth-order valence-corrected chi connectivity index (χ4v) is 2.94. The Morgan fingerprint density at radius 2 is 1.79 bits per heavy atom. The Morgan fingerprint density at radius 1 is 1.26 bits per heavy atom. The second kappa shape index (κ2) is 7.57. The van der Waals surface area contributed by atoms with E-state index >= 15 is 0 Å². The van der Waals surface area contributed by atoms with Crippen LogP contribution in [0.1, 0.15) is 24.2 Å². The van der Waals surface area contributed by atoms with Crippen molar-refractivity contribution >= 4 is 28.5 Å². The zero-order valence-corrected chi connectivity index (χ0v) is 13.9. The Bertz CT molecular complexity index is 412. The summed E-state index contributed by atoms with van der Waals surface area (Å²) in [4.78, 5) is 12.4. The Labute approximate surface area is 128 Å². The monoisotopic (exact) mass is 377 g/mol. The number of hydrogen-bond donors (Lipinski definition) is 1. The lowest BCUT2D eigenvalue weighted by Gasteiger charge is -2.21. The van der Waals surface area contributed by atoms with E-state index in [-0.39, 0.29) is 11.9 Å². The predicted octanol–water partition coefficient (Wildman–Crippen LogP) is 2.89. The van der Waals surface area contributed by atoms with Crippen LogP contribution in [-0.4, -0.2) is 30.6 Å². The number of rotatable bonds is 6. The molecule has 1 amide bonds. The molecule has 0 saturated carbocycles. The molecule has 4 nitrogen and oxygen atoms in total. The number of amides is 1. The van der Waals surface area contributed by atoms with Crippen LogP contribution in [0.3, 0.4) is 0 Å². The van der Waals surface area contributed by atoms with E-state index < -0.39 is 0 Å². The number of carbonyl (C=O) groups is 1. The van der Waals surface area contributed by atoms with E-state index in [2.05, 4.69) is 41.8 Å². The Morgan fingerprint density at radius 3 is 2.16 bits per heavy atom. The van der Waals surface area contributed by atoms with Crippen molar-refractivity contribution in [1.82, 2.24) is 5.32 Å². The molecule has 0 fully saturated rings. The molecule has 106 valence electrons. The first-order chi connectivity index (χ1) is 9.04. The molecule has 0 bridgehead atoms. The molecule has 0 aromatic heterocycles. The quantitative estimate of drug-likeness (QED) is 0.613. The maximum atomic E-state index is 12.4. The third-order valence-electron chi connectivity index (χ3n) is 2.94. The van der Waals surface area contributed by atoms with Gasteiger partial charge in [0.25, 0.3) is 5.91 Å². The van der Waals surface area contributed by atoms with E-state index in [1.54, 1.807) is 32.4 Å². The lowest BCUT2D eigenvalue weighted by Crippen LogP contribution is -2.40. The lowest BCUT2D eigenvalue weighted by atomic mass is 10.1. The molecule has 0 spiro atoms. The summed E-state index contributed by atoms with van der Waals surface area (Å²) < 4.78 is 11.3. The van der Waals surface area contributed by atoms with Crippen LogP contribution < -0.4 is 14.8 Å². The first-order valence-electron chi connectivity index (χ1n) is 6.13. The van der Waals surface area contributed by atoms with E-state index in [9.17, 15) is 4.79 Å². The molecule has 19 heavy (non-hydrogen) atoms. The molecule has 1 aromatic carbocycles. The van der Waals surface area contributed by atoms with Crippen molar-refractivity contribution in [2.24, 2.45) is 5.92 Å². The molecule has 1 rings (SSSR count). The maximum absolute atomic E-state index is 12.4. The largest absolute Gasteiger partial charge is 0.496 e. The molecular weight excluding hydrogens is 357 g/mol. The molecule has 5 heteroatoms. The minimum Gasteiger partial charge on any atom is -0.496 e. The van der Waals surface area contributed by atoms with Crippen molar-refractivity contribution < 1.29 is 14.3 Å².